The van der Waals surface area contributed by atoms with Crippen molar-refractivity contribution in [3.05, 3.63) is 41.7 Å². The van der Waals surface area contributed by atoms with Crippen molar-refractivity contribution < 1.29 is 19.0 Å². The van der Waals surface area contributed by atoms with E-state index in [9.17, 15) is 4.79 Å². The van der Waals surface area contributed by atoms with E-state index in [2.05, 4.69) is 15.3 Å². The van der Waals surface area contributed by atoms with Crippen molar-refractivity contribution in [3.63, 3.8) is 0 Å². The Morgan fingerprint density at radius 1 is 0.970 bits per heavy atom. The number of nitrogens with zero attached hydrogens (tertiary/aromatic N) is 3. The van der Waals surface area contributed by atoms with E-state index in [0.717, 1.165) is 49.9 Å². The number of aryl methyl sites for hydroxylation is 1. The van der Waals surface area contributed by atoms with Crippen LogP contribution in [0, 0.1) is 6.92 Å². The molecule has 1 N–H and O–H groups in total. The summed E-state index contributed by atoms with van der Waals surface area (Å²) in [4.78, 5) is 24.6. The molecular formula is C25H30N4O4. The van der Waals surface area contributed by atoms with Gasteiger partial charge in [0.15, 0.2) is 17.1 Å². The number of hydrogen-bond acceptors (Lipinski definition) is 7. The summed E-state index contributed by atoms with van der Waals surface area (Å²) in [5, 5.41) is 4.20. The maximum absolute atomic E-state index is 13.6. The van der Waals surface area contributed by atoms with Crippen molar-refractivity contribution in [3.8, 4) is 17.2 Å². The fraction of sp³-hybridized carbons (Fsp3) is 0.400. The summed E-state index contributed by atoms with van der Waals surface area (Å²) in [6.07, 6.45) is 5.97. The van der Waals surface area contributed by atoms with E-state index in [1.54, 1.807) is 27.5 Å². The van der Waals surface area contributed by atoms with Gasteiger partial charge in [-0.3, -0.25) is 4.79 Å². The summed E-state index contributed by atoms with van der Waals surface area (Å²) in [5.74, 6) is 1.52. The molecule has 174 valence electrons. The number of carbonyl (C=O) groups is 1. The lowest BCUT2D eigenvalue weighted by Gasteiger charge is -2.23. The third kappa shape index (κ3) is 4.65. The zero-order chi connectivity index (χ0) is 23.4. The maximum Gasteiger partial charge on any atom is 0.257 e. The van der Waals surface area contributed by atoms with Gasteiger partial charge in [0.25, 0.3) is 5.91 Å². The van der Waals surface area contributed by atoms with E-state index in [4.69, 9.17) is 14.2 Å². The van der Waals surface area contributed by atoms with Crippen molar-refractivity contribution in [2.24, 2.45) is 0 Å². The number of aromatic nitrogens is 2. The number of ether oxygens (including phenoxy) is 3. The van der Waals surface area contributed by atoms with E-state index in [0.29, 0.717) is 39.8 Å². The Kier molecular flexibility index (Phi) is 6.82. The van der Waals surface area contributed by atoms with Crippen molar-refractivity contribution in [2.75, 3.05) is 39.7 Å². The van der Waals surface area contributed by atoms with Crippen LogP contribution in [0.25, 0.3) is 11.0 Å². The lowest BCUT2D eigenvalue weighted by atomic mass is 10.1. The van der Waals surface area contributed by atoms with Gasteiger partial charge in [-0.15, -0.1) is 0 Å². The summed E-state index contributed by atoms with van der Waals surface area (Å²) in [6.45, 7) is 3.43. The Labute approximate surface area is 193 Å². The Balaban J connectivity index is 1.83. The third-order valence-corrected chi connectivity index (χ3v) is 5.93. The quantitative estimate of drug-likeness (QED) is 0.581. The average molecular weight is 451 g/mol. The Morgan fingerprint density at radius 2 is 1.64 bits per heavy atom. The number of carbonyl (C=O) groups excluding carboxylic acids is 1. The number of rotatable bonds is 6. The van der Waals surface area contributed by atoms with Crippen LogP contribution >= 0.6 is 0 Å². The van der Waals surface area contributed by atoms with Crippen LogP contribution in [-0.4, -0.2) is 55.2 Å². The predicted molar refractivity (Wildman–Crippen MR) is 128 cm³/mol. The fourth-order valence-corrected chi connectivity index (χ4v) is 4.21. The lowest BCUT2D eigenvalue weighted by molar-refractivity contribution is 0.0762. The van der Waals surface area contributed by atoms with Gasteiger partial charge in [-0.1, -0.05) is 12.8 Å². The van der Waals surface area contributed by atoms with E-state index in [1.165, 1.54) is 0 Å². The molecule has 1 aliphatic heterocycles. The first kappa shape index (κ1) is 22.6. The third-order valence-electron chi connectivity index (χ3n) is 5.93. The highest BCUT2D eigenvalue weighted by Gasteiger charge is 2.23. The molecule has 8 nitrogen and oxygen atoms in total. The van der Waals surface area contributed by atoms with Gasteiger partial charge in [0.05, 0.1) is 32.6 Å². The molecule has 8 heteroatoms. The zero-order valence-electron chi connectivity index (χ0n) is 19.6. The number of methoxy groups -OCH3 is 3. The molecule has 0 radical (unpaired) electrons. The monoisotopic (exact) mass is 450 g/mol. The van der Waals surface area contributed by atoms with E-state index >= 15 is 0 Å². The topological polar surface area (TPSA) is 85.8 Å². The number of hydrogen-bond donors (Lipinski definition) is 1. The summed E-state index contributed by atoms with van der Waals surface area (Å²) in [7, 11) is 4.71. The number of fused-ring (bicyclic) bond motifs is 1. The molecule has 1 aliphatic rings. The van der Waals surface area contributed by atoms with Gasteiger partial charge >= 0.3 is 0 Å². The van der Waals surface area contributed by atoms with Gasteiger partial charge in [-0.2, -0.15) is 0 Å². The SMILES string of the molecule is COc1cc(Nc2c(C(=O)N3CCCCCC3)cnc3nc(C)ccc23)cc(OC)c1OC. The summed E-state index contributed by atoms with van der Waals surface area (Å²) in [5.41, 5.74) is 3.32. The molecule has 1 aromatic carbocycles. The molecule has 4 rings (SSSR count). The highest BCUT2D eigenvalue weighted by Crippen LogP contribution is 2.41. The Bertz CT molecular complexity index is 1130. The number of pyridine rings is 2. The van der Waals surface area contributed by atoms with Crippen molar-refractivity contribution in [2.45, 2.75) is 32.6 Å². The van der Waals surface area contributed by atoms with Crippen LogP contribution in [0.4, 0.5) is 11.4 Å². The molecule has 2 aromatic heterocycles. The number of benzene rings is 1. The van der Waals surface area contributed by atoms with Crippen molar-refractivity contribution >= 4 is 28.3 Å². The largest absolute Gasteiger partial charge is 0.493 e. The molecule has 3 heterocycles. The summed E-state index contributed by atoms with van der Waals surface area (Å²) >= 11 is 0. The highest BCUT2D eigenvalue weighted by atomic mass is 16.5. The summed E-state index contributed by atoms with van der Waals surface area (Å²) < 4.78 is 16.4. The van der Waals surface area contributed by atoms with Crippen LogP contribution in [0.1, 0.15) is 41.7 Å². The molecule has 1 saturated heterocycles. The van der Waals surface area contributed by atoms with Crippen LogP contribution in [-0.2, 0) is 0 Å². The second kappa shape index (κ2) is 9.94. The maximum atomic E-state index is 13.6. The van der Waals surface area contributed by atoms with Gasteiger partial charge in [0, 0.05) is 48.2 Å². The van der Waals surface area contributed by atoms with Crippen LogP contribution in [0.2, 0.25) is 0 Å². The Morgan fingerprint density at radius 3 is 2.24 bits per heavy atom. The molecule has 0 aliphatic carbocycles. The fourth-order valence-electron chi connectivity index (χ4n) is 4.21. The summed E-state index contributed by atoms with van der Waals surface area (Å²) in [6, 6.07) is 7.50. The van der Waals surface area contributed by atoms with Crippen LogP contribution in [0.3, 0.4) is 0 Å². The second-order valence-electron chi connectivity index (χ2n) is 8.12. The number of likely N-dealkylation sites (tertiary alicyclic amines) is 1. The van der Waals surface area contributed by atoms with Gasteiger partial charge in [0.2, 0.25) is 5.75 Å². The molecule has 0 unspecified atom stereocenters. The molecular weight excluding hydrogens is 420 g/mol. The number of amides is 1. The molecule has 3 aromatic rings. The molecule has 0 bridgehead atoms. The normalized spacial score (nSPS) is 14.0. The number of anilines is 2. The first-order valence-electron chi connectivity index (χ1n) is 11.2. The molecule has 33 heavy (non-hydrogen) atoms. The minimum Gasteiger partial charge on any atom is -0.493 e. The van der Waals surface area contributed by atoms with E-state index in [-0.39, 0.29) is 5.91 Å². The Hall–Kier alpha value is -3.55. The second-order valence-corrected chi connectivity index (χ2v) is 8.12. The minimum atomic E-state index is -0.0261. The van der Waals surface area contributed by atoms with Gasteiger partial charge in [-0.25, -0.2) is 9.97 Å². The predicted octanol–water partition coefficient (Wildman–Crippen LogP) is 4.72. The minimum absolute atomic E-state index is 0.0261. The first-order chi connectivity index (χ1) is 16.0. The zero-order valence-corrected chi connectivity index (χ0v) is 19.6. The van der Waals surface area contributed by atoms with Gasteiger partial charge in [-0.05, 0) is 31.9 Å². The van der Waals surface area contributed by atoms with Gasteiger partial charge < -0.3 is 24.4 Å². The average Bonchev–Trinajstić information content (AvgIpc) is 3.12. The van der Waals surface area contributed by atoms with E-state index in [1.807, 2.05) is 36.1 Å². The molecule has 1 amide bonds. The van der Waals surface area contributed by atoms with Crippen LogP contribution in [0.15, 0.2) is 30.5 Å². The van der Waals surface area contributed by atoms with Crippen LogP contribution in [0.5, 0.6) is 17.2 Å². The van der Waals surface area contributed by atoms with Gasteiger partial charge in [0.1, 0.15) is 0 Å². The smallest absolute Gasteiger partial charge is 0.257 e. The van der Waals surface area contributed by atoms with Crippen molar-refractivity contribution in [1.29, 1.82) is 0 Å². The van der Waals surface area contributed by atoms with Crippen molar-refractivity contribution in [1.82, 2.24) is 14.9 Å². The first-order valence-corrected chi connectivity index (χ1v) is 11.2. The highest BCUT2D eigenvalue weighted by molar-refractivity contribution is 6.07. The lowest BCUT2D eigenvalue weighted by Crippen LogP contribution is -2.32. The molecule has 0 spiro atoms. The van der Waals surface area contributed by atoms with E-state index < -0.39 is 0 Å². The molecule has 0 saturated carbocycles. The molecule has 1 fully saturated rings. The standard InChI is InChI=1S/C25H30N4O4/c1-16-9-10-18-22(28-17-13-20(31-2)23(33-4)21(14-17)32-3)19(15-26-24(18)27-16)25(30)29-11-7-5-6-8-12-29/h9-10,13-15H,5-8,11-12H2,1-4H3,(H,26,27,28). The van der Waals surface area contributed by atoms with Crippen LogP contribution < -0.4 is 19.5 Å². The molecule has 0 atom stereocenters. The number of nitrogens with one attached hydrogen (secondary N) is 1.